The van der Waals surface area contributed by atoms with Gasteiger partial charge in [-0.2, -0.15) is 0 Å². The Labute approximate surface area is 71.7 Å². The fourth-order valence-electron chi connectivity index (χ4n) is 1.32. The van der Waals surface area contributed by atoms with Crippen LogP contribution in [0, 0.1) is 5.92 Å². The van der Waals surface area contributed by atoms with Gasteiger partial charge in [0, 0.05) is 5.92 Å². The minimum Gasteiger partial charge on any atom is -0.319 e. The minimum atomic E-state index is -0.483. The Morgan fingerprint density at radius 3 is 3.08 bits per heavy atom. The Balaban J connectivity index is 2.40. The standard InChI is InChI=1S/C8H14N2O2/c1-12-10-8(11)7(9)6-4-2-3-5-6/h2,4,6-7H,3,5,9H2,1H3,(H,10,11). The molecule has 2 atom stereocenters. The van der Waals surface area contributed by atoms with E-state index in [1.54, 1.807) is 0 Å². The van der Waals surface area contributed by atoms with Gasteiger partial charge in [0.2, 0.25) is 0 Å². The molecular weight excluding hydrogens is 156 g/mol. The Morgan fingerprint density at radius 1 is 1.83 bits per heavy atom. The van der Waals surface area contributed by atoms with Crippen LogP contribution in [0.1, 0.15) is 12.8 Å². The number of allylic oxidation sites excluding steroid dienone is 1. The van der Waals surface area contributed by atoms with Gasteiger partial charge in [-0.1, -0.05) is 12.2 Å². The second-order valence-electron chi connectivity index (χ2n) is 2.87. The van der Waals surface area contributed by atoms with Crippen molar-refractivity contribution in [1.82, 2.24) is 5.48 Å². The fraction of sp³-hybridized carbons (Fsp3) is 0.625. The lowest BCUT2D eigenvalue weighted by molar-refractivity contribution is -0.133. The van der Waals surface area contributed by atoms with Gasteiger partial charge < -0.3 is 5.73 Å². The summed E-state index contributed by atoms with van der Waals surface area (Å²) in [5, 5.41) is 0. The third kappa shape index (κ3) is 2.06. The molecule has 0 radical (unpaired) electrons. The van der Waals surface area contributed by atoms with Gasteiger partial charge >= 0.3 is 0 Å². The normalized spacial score (nSPS) is 24.0. The fourth-order valence-corrected chi connectivity index (χ4v) is 1.32. The first kappa shape index (κ1) is 9.22. The van der Waals surface area contributed by atoms with Gasteiger partial charge in [-0.05, 0) is 12.8 Å². The number of carbonyl (C=O) groups excluding carboxylic acids is 1. The van der Waals surface area contributed by atoms with Crippen molar-refractivity contribution in [3.63, 3.8) is 0 Å². The summed E-state index contributed by atoms with van der Waals surface area (Å²) in [7, 11) is 1.40. The highest BCUT2D eigenvalue weighted by Crippen LogP contribution is 2.19. The predicted molar refractivity (Wildman–Crippen MR) is 45.0 cm³/mol. The maximum absolute atomic E-state index is 11.1. The molecule has 2 unspecified atom stereocenters. The zero-order chi connectivity index (χ0) is 8.97. The predicted octanol–water partition coefficient (Wildman–Crippen LogP) is -0.0425. The van der Waals surface area contributed by atoms with Crippen LogP contribution in [-0.2, 0) is 9.63 Å². The number of nitrogens with one attached hydrogen (secondary N) is 1. The van der Waals surface area contributed by atoms with E-state index in [2.05, 4.69) is 10.3 Å². The number of hydrogen-bond acceptors (Lipinski definition) is 3. The zero-order valence-electron chi connectivity index (χ0n) is 7.12. The maximum atomic E-state index is 11.1. The van der Waals surface area contributed by atoms with Gasteiger partial charge in [0.1, 0.15) is 0 Å². The molecule has 1 aliphatic rings. The molecule has 0 bridgehead atoms. The second-order valence-corrected chi connectivity index (χ2v) is 2.87. The van der Waals surface area contributed by atoms with Gasteiger partial charge in [0.15, 0.2) is 0 Å². The summed E-state index contributed by atoms with van der Waals surface area (Å²) in [6, 6.07) is -0.483. The molecule has 0 aromatic rings. The van der Waals surface area contributed by atoms with Crippen LogP contribution in [0.5, 0.6) is 0 Å². The summed E-state index contributed by atoms with van der Waals surface area (Å²) in [5.74, 6) is -0.0887. The smallest absolute Gasteiger partial charge is 0.261 e. The molecule has 0 fully saturated rings. The molecule has 1 amide bonds. The first-order valence-corrected chi connectivity index (χ1v) is 4.01. The van der Waals surface area contributed by atoms with Crippen LogP contribution in [0.3, 0.4) is 0 Å². The molecule has 0 heterocycles. The summed E-state index contributed by atoms with van der Waals surface area (Å²) in [4.78, 5) is 15.6. The Bertz CT molecular complexity index is 191. The van der Waals surface area contributed by atoms with Crippen molar-refractivity contribution in [3.8, 4) is 0 Å². The molecular formula is C8H14N2O2. The lowest BCUT2D eigenvalue weighted by Crippen LogP contribution is -2.44. The van der Waals surface area contributed by atoms with Crippen molar-refractivity contribution in [2.45, 2.75) is 18.9 Å². The van der Waals surface area contributed by atoms with Gasteiger partial charge in [0.05, 0.1) is 13.2 Å². The van der Waals surface area contributed by atoms with E-state index >= 15 is 0 Å². The summed E-state index contributed by atoms with van der Waals surface area (Å²) in [6.07, 6.45) is 6.00. The van der Waals surface area contributed by atoms with Gasteiger partial charge in [-0.3, -0.25) is 9.63 Å². The lowest BCUT2D eigenvalue weighted by Gasteiger charge is -2.15. The largest absolute Gasteiger partial charge is 0.319 e. The quantitative estimate of drug-likeness (QED) is 0.461. The molecule has 1 rings (SSSR count). The average Bonchev–Trinajstić information content (AvgIpc) is 2.55. The highest BCUT2D eigenvalue weighted by molar-refractivity contribution is 5.81. The maximum Gasteiger partial charge on any atom is 0.261 e. The van der Waals surface area contributed by atoms with Crippen molar-refractivity contribution in [2.24, 2.45) is 11.7 Å². The van der Waals surface area contributed by atoms with Crippen LogP contribution in [0.2, 0.25) is 0 Å². The van der Waals surface area contributed by atoms with E-state index in [9.17, 15) is 4.79 Å². The topological polar surface area (TPSA) is 64.3 Å². The average molecular weight is 170 g/mol. The van der Waals surface area contributed by atoms with Crippen LogP contribution >= 0.6 is 0 Å². The molecule has 0 aromatic carbocycles. The molecule has 0 saturated carbocycles. The summed E-state index contributed by atoms with van der Waals surface area (Å²) in [5.41, 5.74) is 7.89. The molecule has 1 aliphatic carbocycles. The molecule has 0 aromatic heterocycles. The molecule has 12 heavy (non-hydrogen) atoms. The molecule has 0 spiro atoms. The second kappa shape index (κ2) is 4.23. The van der Waals surface area contributed by atoms with E-state index in [1.807, 2.05) is 12.2 Å². The first-order valence-electron chi connectivity index (χ1n) is 4.01. The summed E-state index contributed by atoms with van der Waals surface area (Å²) in [6.45, 7) is 0. The van der Waals surface area contributed by atoms with Crippen LogP contribution in [0.25, 0.3) is 0 Å². The van der Waals surface area contributed by atoms with E-state index in [-0.39, 0.29) is 11.8 Å². The number of carbonyl (C=O) groups is 1. The number of nitrogens with two attached hydrogens (primary N) is 1. The molecule has 4 nitrogen and oxygen atoms in total. The van der Waals surface area contributed by atoms with Gasteiger partial charge in [-0.15, -0.1) is 0 Å². The molecule has 3 N–H and O–H groups in total. The van der Waals surface area contributed by atoms with E-state index in [0.717, 1.165) is 12.8 Å². The van der Waals surface area contributed by atoms with Crippen LogP contribution in [0.15, 0.2) is 12.2 Å². The van der Waals surface area contributed by atoms with Crippen molar-refractivity contribution in [2.75, 3.05) is 7.11 Å². The third-order valence-electron chi connectivity index (χ3n) is 2.02. The van der Waals surface area contributed by atoms with Gasteiger partial charge in [0.25, 0.3) is 5.91 Å². The van der Waals surface area contributed by atoms with Crippen LogP contribution in [0.4, 0.5) is 0 Å². The van der Waals surface area contributed by atoms with Crippen molar-refractivity contribution in [3.05, 3.63) is 12.2 Å². The monoisotopic (exact) mass is 170 g/mol. The number of hydrogen-bond donors (Lipinski definition) is 2. The Morgan fingerprint density at radius 2 is 2.58 bits per heavy atom. The van der Waals surface area contributed by atoms with E-state index < -0.39 is 6.04 Å². The highest BCUT2D eigenvalue weighted by Gasteiger charge is 2.23. The Hall–Kier alpha value is -0.870. The molecule has 68 valence electrons. The number of hydroxylamine groups is 1. The number of amides is 1. The Kier molecular flexibility index (Phi) is 3.25. The minimum absolute atomic E-state index is 0.167. The molecule has 0 aliphatic heterocycles. The SMILES string of the molecule is CONC(=O)C(N)C1C=CCC1. The first-order chi connectivity index (χ1) is 5.75. The zero-order valence-corrected chi connectivity index (χ0v) is 7.12. The number of rotatable bonds is 3. The molecule has 4 heteroatoms. The van der Waals surface area contributed by atoms with E-state index in [1.165, 1.54) is 7.11 Å². The van der Waals surface area contributed by atoms with Crippen LogP contribution < -0.4 is 11.2 Å². The summed E-state index contributed by atoms with van der Waals surface area (Å²) >= 11 is 0. The lowest BCUT2D eigenvalue weighted by atomic mass is 10.00. The van der Waals surface area contributed by atoms with E-state index in [0.29, 0.717) is 0 Å². The molecule has 0 saturated heterocycles. The van der Waals surface area contributed by atoms with Crippen LogP contribution in [-0.4, -0.2) is 19.1 Å². The van der Waals surface area contributed by atoms with E-state index in [4.69, 9.17) is 5.73 Å². The third-order valence-corrected chi connectivity index (χ3v) is 2.02. The van der Waals surface area contributed by atoms with Gasteiger partial charge in [-0.25, -0.2) is 5.48 Å². The van der Waals surface area contributed by atoms with Crippen molar-refractivity contribution < 1.29 is 9.63 Å². The summed E-state index contributed by atoms with van der Waals surface area (Å²) < 4.78 is 0. The highest BCUT2D eigenvalue weighted by atomic mass is 16.6. The van der Waals surface area contributed by atoms with Crippen molar-refractivity contribution >= 4 is 5.91 Å². The van der Waals surface area contributed by atoms with Crippen molar-refractivity contribution in [1.29, 1.82) is 0 Å².